The Balaban J connectivity index is 1.56. The highest BCUT2D eigenvalue weighted by molar-refractivity contribution is 5.96. The van der Waals surface area contributed by atoms with Crippen molar-refractivity contribution in [1.82, 2.24) is 19.9 Å². The first kappa shape index (κ1) is 15.9. The molecular formula is C18H24N4O. The maximum Gasteiger partial charge on any atom is 0.164 e. The van der Waals surface area contributed by atoms with Crippen LogP contribution in [-0.4, -0.2) is 44.8 Å². The fraction of sp³-hybridized carbons (Fsp3) is 0.500. The Hall–Kier alpha value is -2.01. The molecule has 0 N–H and O–H groups in total. The van der Waals surface area contributed by atoms with Crippen molar-refractivity contribution in [2.45, 2.75) is 45.2 Å². The van der Waals surface area contributed by atoms with E-state index < -0.39 is 0 Å². The summed E-state index contributed by atoms with van der Waals surface area (Å²) in [5.41, 5.74) is 2.01. The molecule has 1 atom stereocenters. The van der Waals surface area contributed by atoms with E-state index in [2.05, 4.69) is 15.2 Å². The lowest BCUT2D eigenvalue weighted by Crippen LogP contribution is -2.43. The molecule has 2 aromatic rings. The van der Waals surface area contributed by atoms with Gasteiger partial charge in [-0.15, -0.1) is 5.10 Å². The van der Waals surface area contributed by atoms with Gasteiger partial charge in [-0.1, -0.05) is 41.5 Å². The van der Waals surface area contributed by atoms with Crippen LogP contribution in [0.3, 0.4) is 0 Å². The molecule has 122 valence electrons. The molecule has 0 radical (unpaired) electrons. The summed E-state index contributed by atoms with van der Waals surface area (Å²) in [5, 5.41) is 7.94. The standard InChI is InChI=1S/C18H24N4O/c1-15-5-7-16(8-6-15)18(23)9-12-21-11-3-2-4-17(21)14-22-13-10-19-20-22/h5-8,10,13,17H,2-4,9,11-12,14H2,1H3/t17-/m0/s1. The van der Waals surface area contributed by atoms with Crippen molar-refractivity contribution in [2.24, 2.45) is 0 Å². The first-order chi connectivity index (χ1) is 11.2. The lowest BCUT2D eigenvalue weighted by Gasteiger charge is -2.35. The molecular weight excluding hydrogens is 288 g/mol. The van der Waals surface area contributed by atoms with Crippen molar-refractivity contribution >= 4 is 5.78 Å². The van der Waals surface area contributed by atoms with Gasteiger partial charge in [0.05, 0.1) is 12.7 Å². The second kappa shape index (κ2) is 7.51. The van der Waals surface area contributed by atoms with Gasteiger partial charge in [-0.2, -0.15) is 0 Å². The highest BCUT2D eigenvalue weighted by Gasteiger charge is 2.23. The van der Waals surface area contributed by atoms with Gasteiger partial charge < -0.3 is 0 Å². The number of hydrogen-bond acceptors (Lipinski definition) is 4. The molecule has 1 aromatic heterocycles. The van der Waals surface area contributed by atoms with E-state index in [0.717, 1.165) is 25.2 Å². The summed E-state index contributed by atoms with van der Waals surface area (Å²) in [6, 6.07) is 8.32. The Labute approximate surface area is 137 Å². The van der Waals surface area contributed by atoms with E-state index in [1.54, 1.807) is 6.20 Å². The van der Waals surface area contributed by atoms with Gasteiger partial charge in [-0.05, 0) is 26.3 Å². The van der Waals surface area contributed by atoms with Crippen LogP contribution < -0.4 is 0 Å². The van der Waals surface area contributed by atoms with E-state index in [1.807, 2.05) is 42.1 Å². The van der Waals surface area contributed by atoms with E-state index in [4.69, 9.17) is 0 Å². The number of ketones is 1. The summed E-state index contributed by atoms with van der Waals surface area (Å²) in [5.74, 6) is 0.232. The zero-order valence-electron chi connectivity index (χ0n) is 13.7. The average Bonchev–Trinajstić information content (AvgIpc) is 3.07. The Kier molecular flexibility index (Phi) is 5.18. The maximum absolute atomic E-state index is 12.4. The van der Waals surface area contributed by atoms with Crippen LogP contribution in [0.15, 0.2) is 36.7 Å². The molecule has 1 aliphatic rings. The van der Waals surface area contributed by atoms with Crippen molar-refractivity contribution in [3.05, 3.63) is 47.8 Å². The third-order valence-electron chi connectivity index (χ3n) is 4.62. The van der Waals surface area contributed by atoms with Crippen LogP contribution in [-0.2, 0) is 6.54 Å². The Morgan fingerprint density at radius 2 is 2.09 bits per heavy atom. The number of benzene rings is 1. The number of Topliss-reactive ketones (excluding diaryl/α,β-unsaturated/α-hetero) is 1. The van der Waals surface area contributed by atoms with Crippen LogP contribution in [0.25, 0.3) is 0 Å². The SMILES string of the molecule is Cc1ccc(C(=O)CCN2CCCC[C@H]2Cn2ccnn2)cc1. The van der Waals surface area contributed by atoms with E-state index in [-0.39, 0.29) is 5.78 Å². The zero-order chi connectivity index (χ0) is 16.1. The molecule has 3 rings (SSSR count). The molecule has 0 spiro atoms. The lowest BCUT2D eigenvalue weighted by atomic mass is 10.0. The first-order valence-electron chi connectivity index (χ1n) is 8.40. The highest BCUT2D eigenvalue weighted by Crippen LogP contribution is 2.19. The van der Waals surface area contributed by atoms with Crippen LogP contribution in [0.5, 0.6) is 0 Å². The predicted molar refractivity (Wildman–Crippen MR) is 89.4 cm³/mol. The fourth-order valence-electron chi connectivity index (χ4n) is 3.24. The molecule has 1 aromatic carbocycles. The monoisotopic (exact) mass is 312 g/mol. The second-order valence-electron chi connectivity index (χ2n) is 6.35. The smallest absolute Gasteiger partial charge is 0.164 e. The topological polar surface area (TPSA) is 51.0 Å². The second-order valence-corrected chi connectivity index (χ2v) is 6.35. The van der Waals surface area contributed by atoms with Crippen LogP contribution in [0, 0.1) is 6.92 Å². The maximum atomic E-state index is 12.4. The van der Waals surface area contributed by atoms with Crippen molar-refractivity contribution in [3.8, 4) is 0 Å². The van der Waals surface area contributed by atoms with Crippen molar-refractivity contribution < 1.29 is 4.79 Å². The molecule has 5 nitrogen and oxygen atoms in total. The Morgan fingerprint density at radius 3 is 2.83 bits per heavy atom. The number of hydrogen-bond donors (Lipinski definition) is 0. The number of aryl methyl sites for hydroxylation is 1. The average molecular weight is 312 g/mol. The largest absolute Gasteiger partial charge is 0.298 e. The molecule has 0 saturated carbocycles. The molecule has 0 unspecified atom stereocenters. The van der Waals surface area contributed by atoms with Crippen LogP contribution in [0.4, 0.5) is 0 Å². The fourth-order valence-corrected chi connectivity index (χ4v) is 3.24. The van der Waals surface area contributed by atoms with E-state index in [0.29, 0.717) is 12.5 Å². The Bertz CT molecular complexity index is 621. The molecule has 23 heavy (non-hydrogen) atoms. The highest BCUT2D eigenvalue weighted by atomic mass is 16.1. The molecule has 1 fully saturated rings. The predicted octanol–water partition coefficient (Wildman–Crippen LogP) is 2.71. The number of aromatic nitrogens is 3. The third kappa shape index (κ3) is 4.26. The van der Waals surface area contributed by atoms with E-state index >= 15 is 0 Å². The van der Waals surface area contributed by atoms with E-state index in [9.17, 15) is 4.79 Å². The summed E-state index contributed by atoms with van der Waals surface area (Å²) in [4.78, 5) is 14.8. The normalized spacial score (nSPS) is 18.9. The number of nitrogens with zero attached hydrogens (tertiary/aromatic N) is 4. The van der Waals surface area contributed by atoms with Crippen molar-refractivity contribution in [3.63, 3.8) is 0 Å². The van der Waals surface area contributed by atoms with Gasteiger partial charge >= 0.3 is 0 Å². The van der Waals surface area contributed by atoms with Crippen molar-refractivity contribution in [2.75, 3.05) is 13.1 Å². The molecule has 1 saturated heterocycles. The summed E-state index contributed by atoms with van der Waals surface area (Å²) in [6.45, 7) is 4.79. The van der Waals surface area contributed by atoms with Crippen LogP contribution in [0.2, 0.25) is 0 Å². The van der Waals surface area contributed by atoms with Gasteiger partial charge in [0.25, 0.3) is 0 Å². The van der Waals surface area contributed by atoms with Gasteiger partial charge in [-0.25, -0.2) is 0 Å². The Morgan fingerprint density at radius 1 is 1.26 bits per heavy atom. The van der Waals surface area contributed by atoms with Crippen molar-refractivity contribution in [1.29, 1.82) is 0 Å². The molecule has 2 heterocycles. The van der Waals surface area contributed by atoms with Crippen LogP contribution >= 0.6 is 0 Å². The minimum Gasteiger partial charge on any atom is -0.298 e. The van der Waals surface area contributed by atoms with Gasteiger partial charge in [0, 0.05) is 30.8 Å². The zero-order valence-corrected chi connectivity index (χ0v) is 13.7. The third-order valence-corrected chi connectivity index (χ3v) is 4.62. The van der Waals surface area contributed by atoms with Gasteiger partial charge in [0.15, 0.2) is 5.78 Å². The number of rotatable bonds is 6. The number of carbonyl (C=O) groups is 1. The lowest BCUT2D eigenvalue weighted by molar-refractivity contribution is 0.0907. The molecule has 0 bridgehead atoms. The number of piperidine rings is 1. The summed E-state index contributed by atoms with van der Waals surface area (Å²) in [6.07, 6.45) is 7.84. The van der Waals surface area contributed by atoms with Crippen LogP contribution in [0.1, 0.15) is 41.6 Å². The van der Waals surface area contributed by atoms with Gasteiger partial charge in [-0.3, -0.25) is 14.4 Å². The number of likely N-dealkylation sites (tertiary alicyclic amines) is 1. The summed E-state index contributed by atoms with van der Waals surface area (Å²) >= 11 is 0. The minimum absolute atomic E-state index is 0.232. The van der Waals surface area contributed by atoms with Gasteiger partial charge in [0.1, 0.15) is 0 Å². The molecule has 0 amide bonds. The van der Waals surface area contributed by atoms with E-state index in [1.165, 1.54) is 24.8 Å². The minimum atomic E-state index is 0.232. The quantitative estimate of drug-likeness (QED) is 0.770. The molecule has 0 aliphatic carbocycles. The summed E-state index contributed by atoms with van der Waals surface area (Å²) < 4.78 is 1.89. The van der Waals surface area contributed by atoms with Gasteiger partial charge in [0.2, 0.25) is 0 Å². The summed E-state index contributed by atoms with van der Waals surface area (Å²) in [7, 11) is 0. The molecule has 5 heteroatoms. The molecule has 1 aliphatic heterocycles. The number of carbonyl (C=O) groups excluding carboxylic acids is 1. The first-order valence-corrected chi connectivity index (χ1v) is 8.40.